The molecule has 0 saturated heterocycles. The minimum Gasteiger partial charge on any atom is -0.321 e. The first-order valence-electron chi connectivity index (χ1n) is 4.53. The number of carbonyl (C=O) groups excluding carboxylic acids is 1. The minimum absolute atomic E-state index is 0. The average molecular weight is 213 g/mol. The molecule has 0 heterocycles. The maximum Gasteiger partial charge on any atom is 0.221 e. The van der Waals surface area contributed by atoms with Gasteiger partial charge < -0.3 is 5.32 Å². The molecule has 1 N–H and O–H groups in total. The van der Waals surface area contributed by atoms with Crippen LogP contribution in [0.2, 0.25) is 0 Å². The Morgan fingerprint density at radius 1 is 1.33 bits per heavy atom. The summed E-state index contributed by atoms with van der Waals surface area (Å²) in [7, 11) is 5.17. The largest absolute Gasteiger partial charge is 0.321 e. The molecule has 0 unspecified atom stereocenters. The molecule has 0 bridgehead atoms. The Kier molecular flexibility index (Phi) is 5.60. The third-order valence-electron chi connectivity index (χ3n) is 1.37. The van der Waals surface area contributed by atoms with E-state index in [0.29, 0.717) is 0 Å². The molecule has 0 aromatic heterocycles. The van der Waals surface area contributed by atoms with Gasteiger partial charge in [0.15, 0.2) is 0 Å². The highest BCUT2D eigenvalue weighted by Crippen LogP contribution is 2.16. The molecule has 0 spiro atoms. The molecule has 2 radical (unpaired) electrons. The summed E-state index contributed by atoms with van der Waals surface area (Å²) < 4.78 is 25.9. The first-order valence-corrected chi connectivity index (χ1v) is 4.53. The molecule has 2 nitrogen and oxygen atoms in total. The second kappa shape index (κ2) is 6.16. The molecule has 5 heteroatoms. The molecule has 0 saturated carbocycles. The number of benzene rings is 1. The van der Waals surface area contributed by atoms with Crippen molar-refractivity contribution in [3.63, 3.8) is 0 Å². The Balaban J connectivity index is 0. The maximum atomic E-state index is 12.9. The Morgan fingerprint density at radius 2 is 1.73 bits per heavy atom. The van der Waals surface area contributed by atoms with Crippen molar-refractivity contribution < 1.29 is 15.0 Å². The Labute approximate surface area is 90.6 Å². The van der Waals surface area contributed by atoms with E-state index in [4.69, 9.17) is 7.85 Å². The van der Waals surface area contributed by atoms with Crippen LogP contribution in [0.5, 0.6) is 0 Å². The van der Waals surface area contributed by atoms with Crippen LogP contribution in [0, 0.1) is 11.6 Å². The first-order chi connectivity index (χ1) is 7.00. The van der Waals surface area contributed by atoms with E-state index in [2.05, 4.69) is 0 Å². The van der Waals surface area contributed by atoms with E-state index >= 15 is 0 Å². The molecule has 0 aliphatic heterocycles. The number of halogens is 2. The Morgan fingerprint density at radius 3 is 2.07 bits per heavy atom. The number of amides is 1. The topological polar surface area (TPSA) is 29.1 Å². The zero-order valence-electron chi connectivity index (χ0n) is 8.90. The number of carbonyl (C=O) groups is 1. The monoisotopic (exact) mass is 213 g/mol. The second-order valence-electron chi connectivity index (χ2n) is 2.54. The lowest BCUT2D eigenvalue weighted by Gasteiger charge is -2.05. The molecule has 1 aromatic rings. The van der Waals surface area contributed by atoms with Gasteiger partial charge in [-0.3, -0.25) is 4.79 Å². The van der Waals surface area contributed by atoms with E-state index in [1.54, 1.807) is 0 Å². The summed E-state index contributed by atoms with van der Waals surface area (Å²) in [6, 6.07) is 1.88. The van der Waals surface area contributed by atoms with Crippen LogP contribution in [0.15, 0.2) is 12.1 Å². The quantitative estimate of drug-likeness (QED) is 0.710. The van der Waals surface area contributed by atoms with Crippen molar-refractivity contribution in [3.05, 3.63) is 23.8 Å². The highest BCUT2D eigenvalue weighted by atomic mass is 19.1. The standard InChI is InChI=1S/C8H6BF2NO.C2H6.H2/c1-4(13)12-8-6(10)2-5(9)3-7(8)11;1-2;/h2-3H,1H3,(H,12,13);1-2H3;1H. The fourth-order valence-electron chi connectivity index (χ4n) is 0.888. The van der Waals surface area contributed by atoms with E-state index < -0.39 is 23.2 Å². The lowest BCUT2D eigenvalue weighted by Crippen LogP contribution is -2.13. The SMILES string of the molecule is CC.[B]c1cc(F)c(NC(C)=O)c(F)c1.[HH]. The molecular weight excluding hydrogens is 199 g/mol. The van der Waals surface area contributed by atoms with Gasteiger partial charge in [-0.1, -0.05) is 19.3 Å². The zero-order chi connectivity index (χ0) is 12.0. The highest BCUT2D eigenvalue weighted by Gasteiger charge is 2.10. The molecule has 0 fully saturated rings. The van der Waals surface area contributed by atoms with Crippen molar-refractivity contribution in [3.8, 4) is 0 Å². The smallest absolute Gasteiger partial charge is 0.221 e. The number of anilines is 1. The van der Waals surface area contributed by atoms with Gasteiger partial charge >= 0.3 is 0 Å². The lowest BCUT2D eigenvalue weighted by atomic mass is 9.96. The molecule has 15 heavy (non-hydrogen) atoms. The van der Waals surface area contributed by atoms with E-state index in [-0.39, 0.29) is 6.89 Å². The van der Waals surface area contributed by atoms with Crippen molar-refractivity contribution >= 4 is 24.9 Å². The van der Waals surface area contributed by atoms with Crippen LogP contribution in [0.4, 0.5) is 14.5 Å². The predicted octanol–water partition coefficient (Wildman–Crippen LogP) is 1.99. The number of hydrogen-bond donors (Lipinski definition) is 1. The van der Waals surface area contributed by atoms with Gasteiger partial charge in [0.1, 0.15) is 25.2 Å². The molecule has 0 aliphatic carbocycles. The molecule has 1 rings (SSSR count). The summed E-state index contributed by atoms with van der Waals surface area (Å²) >= 11 is 0. The summed E-state index contributed by atoms with van der Waals surface area (Å²) in [5.41, 5.74) is -0.495. The molecule has 82 valence electrons. The van der Waals surface area contributed by atoms with Gasteiger partial charge in [0.05, 0.1) is 0 Å². The van der Waals surface area contributed by atoms with Crippen LogP contribution in [0.3, 0.4) is 0 Å². The third kappa shape index (κ3) is 4.10. The summed E-state index contributed by atoms with van der Waals surface area (Å²) in [5.74, 6) is -2.30. The predicted molar refractivity (Wildman–Crippen MR) is 59.5 cm³/mol. The minimum atomic E-state index is -0.882. The van der Waals surface area contributed by atoms with Crippen LogP contribution in [-0.2, 0) is 4.79 Å². The van der Waals surface area contributed by atoms with Gasteiger partial charge in [0.2, 0.25) is 5.91 Å². The second-order valence-corrected chi connectivity index (χ2v) is 2.54. The van der Waals surface area contributed by atoms with E-state index in [0.717, 1.165) is 19.1 Å². The summed E-state index contributed by atoms with van der Waals surface area (Å²) in [5, 5.41) is 2.02. The summed E-state index contributed by atoms with van der Waals surface area (Å²) in [6.07, 6.45) is 0. The highest BCUT2D eigenvalue weighted by molar-refractivity contribution is 6.32. The average Bonchev–Trinajstić information content (AvgIpc) is 2.14. The number of hydrogen-bond acceptors (Lipinski definition) is 1. The van der Waals surface area contributed by atoms with E-state index in [1.165, 1.54) is 0 Å². The fraction of sp³-hybridized carbons (Fsp3) is 0.300. The van der Waals surface area contributed by atoms with Crippen LogP contribution in [0.1, 0.15) is 22.2 Å². The Bertz CT molecular complexity index is 338. The van der Waals surface area contributed by atoms with Gasteiger partial charge in [-0.25, -0.2) is 8.78 Å². The fourth-order valence-corrected chi connectivity index (χ4v) is 0.888. The van der Waals surface area contributed by atoms with Gasteiger partial charge in [-0.05, 0) is 12.1 Å². The summed E-state index contributed by atoms with van der Waals surface area (Å²) in [4.78, 5) is 10.5. The van der Waals surface area contributed by atoms with Gasteiger partial charge in [-0.2, -0.15) is 0 Å². The van der Waals surface area contributed by atoms with Crippen molar-refractivity contribution in [2.45, 2.75) is 20.8 Å². The number of nitrogens with one attached hydrogen (secondary N) is 1. The van der Waals surface area contributed by atoms with Crippen LogP contribution < -0.4 is 10.8 Å². The normalized spacial score (nSPS) is 8.87. The van der Waals surface area contributed by atoms with Crippen LogP contribution in [0.25, 0.3) is 0 Å². The van der Waals surface area contributed by atoms with E-state index in [9.17, 15) is 13.6 Å². The van der Waals surface area contributed by atoms with Crippen LogP contribution in [-0.4, -0.2) is 13.8 Å². The third-order valence-corrected chi connectivity index (χ3v) is 1.37. The molecule has 0 aliphatic rings. The van der Waals surface area contributed by atoms with Crippen molar-refractivity contribution in [1.29, 1.82) is 0 Å². The van der Waals surface area contributed by atoms with Crippen molar-refractivity contribution in [2.75, 3.05) is 5.32 Å². The molecule has 1 aromatic carbocycles. The lowest BCUT2D eigenvalue weighted by molar-refractivity contribution is -0.114. The van der Waals surface area contributed by atoms with Crippen LogP contribution >= 0.6 is 0 Å². The summed E-state index contributed by atoms with van der Waals surface area (Å²) in [6.45, 7) is 5.16. The van der Waals surface area contributed by atoms with Gasteiger partial charge in [0, 0.05) is 8.35 Å². The molecule has 0 atom stereocenters. The van der Waals surface area contributed by atoms with Gasteiger partial charge in [0.25, 0.3) is 0 Å². The molecule has 1 amide bonds. The Hall–Kier alpha value is -1.39. The zero-order valence-corrected chi connectivity index (χ0v) is 8.90. The van der Waals surface area contributed by atoms with Crippen molar-refractivity contribution in [2.24, 2.45) is 0 Å². The van der Waals surface area contributed by atoms with E-state index in [1.807, 2.05) is 19.2 Å². The number of rotatable bonds is 1. The molecular formula is C10H14BF2NO. The van der Waals surface area contributed by atoms with Crippen molar-refractivity contribution in [1.82, 2.24) is 0 Å². The van der Waals surface area contributed by atoms with Gasteiger partial charge in [-0.15, -0.1) is 0 Å². The first kappa shape index (κ1) is 13.6. The maximum absolute atomic E-state index is 12.9.